The van der Waals surface area contributed by atoms with E-state index in [1.807, 2.05) is 30.3 Å². The summed E-state index contributed by atoms with van der Waals surface area (Å²) in [6.07, 6.45) is -1.21. The van der Waals surface area contributed by atoms with Crippen LogP contribution in [0.2, 0.25) is 0 Å². The topological polar surface area (TPSA) is 92.7 Å². The van der Waals surface area contributed by atoms with Gasteiger partial charge in [-0.05, 0) is 12.5 Å². The van der Waals surface area contributed by atoms with Crippen LogP contribution in [0.1, 0.15) is 25.3 Å². The number of amides is 1. The smallest absolute Gasteiger partial charge is 0.407 e. The highest BCUT2D eigenvalue weighted by Gasteiger charge is 2.14. The molecule has 0 radical (unpaired) electrons. The Morgan fingerprint density at radius 2 is 1.90 bits per heavy atom. The molecule has 1 rings (SSSR count). The van der Waals surface area contributed by atoms with Gasteiger partial charge in [0.05, 0.1) is 0 Å². The largest absolute Gasteiger partial charge is 0.481 e. The van der Waals surface area contributed by atoms with E-state index in [1.54, 1.807) is 6.92 Å². The second-order valence-corrected chi connectivity index (χ2v) is 4.42. The molecule has 1 aromatic rings. The lowest BCUT2D eigenvalue weighted by Crippen LogP contribution is -2.34. The van der Waals surface area contributed by atoms with Gasteiger partial charge >= 0.3 is 12.1 Å². The monoisotopic (exact) mass is 279 g/mol. The molecule has 108 valence electrons. The van der Waals surface area contributed by atoms with E-state index in [9.17, 15) is 14.4 Å². The van der Waals surface area contributed by atoms with Crippen LogP contribution in [-0.4, -0.2) is 29.0 Å². The van der Waals surface area contributed by atoms with Crippen LogP contribution >= 0.6 is 0 Å². The van der Waals surface area contributed by atoms with Gasteiger partial charge in [-0.3, -0.25) is 9.59 Å². The first kappa shape index (κ1) is 15.7. The number of ether oxygens (including phenoxy) is 1. The van der Waals surface area contributed by atoms with Crippen LogP contribution in [0.25, 0.3) is 0 Å². The summed E-state index contributed by atoms with van der Waals surface area (Å²) in [6.45, 7) is 1.76. The summed E-state index contributed by atoms with van der Waals surface area (Å²) in [5.74, 6) is -1.61. The number of hydrogen-bond acceptors (Lipinski definition) is 4. The molecular weight excluding hydrogens is 262 g/mol. The van der Waals surface area contributed by atoms with Crippen molar-refractivity contribution in [2.45, 2.75) is 32.4 Å². The number of nitrogens with one attached hydrogen (secondary N) is 1. The zero-order valence-electron chi connectivity index (χ0n) is 11.2. The maximum Gasteiger partial charge on any atom is 0.407 e. The Balaban J connectivity index is 2.28. The van der Waals surface area contributed by atoms with Gasteiger partial charge in [-0.25, -0.2) is 4.79 Å². The molecule has 0 aliphatic heterocycles. The molecule has 0 saturated heterocycles. The van der Waals surface area contributed by atoms with Gasteiger partial charge in [-0.15, -0.1) is 0 Å². The number of ketones is 1. The SMILES string of the molecule is C[C@H](CC(=O)CC(=O)O)NC(=O)OCc1ccccc1. The predicted molar refractivity (Wildman–Crippen MR) is 71.1 cm³/mol. The molecule has 2 N–H and O–H groups in total. The summed E-state index contributed by atoms with van der Waals surface area (Å²) in [5.41, 5.74) is 0.859. The number of benzene rings is 1. The number of alkyl carbamates (subject to hydrolysis) is 1. The standard InChI is InChI=1S/C14H17NO5/c1-10(7-12(16)8-13(17)18)15-14(19)20-9-11-5-3-2-4-6-11/h2-6,10H,7-9H2,1H3,(H,15,19)(H,17,18)/t10-/m1/s1. The minimum Gasteiger partial charge on any atom is -0.481 e. The summed E-state index contributed by atoms with van der Waals surface area (Å²) in [6, 6.07) is 8.72. The van der Waals surface area contributed by atoms with Crippen molar-refractivity contribution in [3.8, 4) is 0 Å². The third-order valence-corrected chi connectivity index (χ3v) is 2.46. The molecule has 0 fully saturated rings. The molecule has 20 heavy (non-hydrogen) atoms. The summed E-state index contributed by atoms with van der Waals surface area (Å²) in [4.78, 5) is 33.1. The van der Waals surface area contributed by atoms with E-state index >= 15 is 0 Å². The highest BCUT2D eigenvalue weighted by molar-refractivity contribution is 5.95. The first-order chi connectivity index (χ1) is 9.47. The van der Waals surface area contributed by atoms with Crippen LogP contribution in [0.4, 0.5) is 4.79 Å². The van der Waals surface area contributed by atoms with Crippen LogP contribution in [-0.2, 0) is 20.9 Å². The fourth-order valence-electron chi connectivity index (χ4n) is 1.60. The maximum atomic E-state index is 11.5. The van der Waals surface area contributed by atoms with Crippen LogP contribution in [0, 0.1) is 0 Å². The minimum absolute atomic E-state index is 0.0350. The molecule has 0 spiro atoms. The van der Waals surface area contributed by atoms with Gasteiger partial charge in [-0.1, -0.05) is 30.3 Å². The fourth-order valence-corrected chi connectivity index (χ4v) is 1.60. The van der Waals surface area contributed by atoms with Crippen LogP contribution in [0.5, 0.6) is 0 Å². The molecule has 1 amide bonds. The number of aliphatic carboxylic acids is 1. The Morgan fingerprint density at radius 1 is 1.25 bits per heavy atom. The maximum absolute atomic E-state index is 11.5. The lowest BCUT2D eigenvalue weighted by Gasteiger charge is -2.13. The molecule has 1 atom stereocenters. The van der Waals surface area contributed by atoms with E-state index < -0.39 is 30.3 Å². The number of hydrogen-bond donors (Lipinski definition) is 2. The van der Waals surface area contributed by atoms with E-state index in [2.05, 4.69) is 5.32 Å². The molecule has 6 nitrogen and oxygen atoms in total. The molecule has 0 aromatic heterocycles. The summed E-state index contributed by atoms with van der Waals surface area (Å²) in [5, 5.41) is 10.9. The normalized spacial score (nSPS) is 11.4. The van der Waals surface area contributed by atoms with Gasteiger partial charge in [0.2, 0.25) is 0 Å². The lowest BCUT2D eigenvalue weighted by molar-refractivity contribution is -0.140. The Bertz CT molecular complexity index is 472. The third kappa shape index (κ3) is 6.53. The van der Waals surface area contributed by atoms with Crippen molar-refractivity contribution in [1.29, 1.82) is 0 Å². The first-order valence-corrected chi connectivity index (χ1v) is 6.18. The number of rotatable bonds is 7. The van der Waals surface area contributed by atoms with E-state index in [1.165, 1.54) is 0 Å². The van der Waals surface area contributed by atoms with Crippen molar-refractivity contribution in [3.63, 3.8) is 0 Å². The first-order valence-electron chi connectivity index (χ1n) is 6.18. The molecule has 0 saturated carbocycles. The summed E-state index contributed by atoms with van der Waals surface area (Å²) in [7, 11) is 0. The van der Waals surface area contributed by atoms with Gasteiger partial charge < -0.3 is 15.2 Å². The molecule has 0 unspecified atom stereocenters. The molecule has 0 bridgehead atoms. The van der Waals surface area contributed by atoms with Crippen molar-refractivity contribution in [2.24, 2.45) is 0 Å². The summed E-state index contributed by atoms with van der Waals surface area (Å²) < 4.78 is 4.98. The Morgan fingerprint density at radius 3 is 2.50 bits per heavy atom. The average molecular weight is 279 g/mol. The van der Waals surface area contributed by atoms with E-state index in [0.29, 0.717) is 0 Å². The molecule has 0 aliphatic carbocycles. The Labute approximate surface area is 116 Å². The van der Waals surface area contributed by atoms with E-state index in [-0.39, 0.29) is 13.0 Å². The van der Waals surface area contributed by atoms with Crippen LogP contribution < -0.4 is 5.32 Å². The molecule has 0 heterocycles. The van der Waals surface area contributed by atoms with Crippen molar-refractivity contribution < 1.29 is 24.2 Å². The van der Waals surface area contributed by atoms with Crippen molar-refractivity contribution in [3.05, 3.63) is 35.9 Å². The molecular formula is C14H17NO5. The van der Waals surface area contributed by atoms with Gasteiger partial charge in [-0.2, -0.15) is 0 Å². The zero-order chi connectivity index (χ0) is 15.0. The van der Waals surface area contributed by atoms with Crippen molar-refractivity contribution in [2.75, 3.05) is 0 Å². The number of carboxylic acids is 1. The zero-order valence-corrected chi connectivity index (χ0v) is 11.2. The summed E-state index contributed by atoms with van der Waals surface area (Å²) >= 11 is 0. The number of carbonyl (C=O) groups excluding carboxylic acids is 2. The van der Waals surface area contributed by atoms with Gasteiger partial charge in [0.15, 0.2) is 0 Å². The average Bonchev–Trinajstić information content (AvgIpc) is 2.36. The van der Waals surface area contributed by atoms with E-state index in [0.717, 1.165) is 5.56 Å². The Hall–Kier alpha value is -2.37. The molecule has 0 aliphatic rings. The predicted octanol–water partition coefficient (Wildman–Crippen LogP) is 1.74. The van der Waals surface area contributed by atoms with Crippen LogP contribution in [0.15, 0.2) is 30.3 Å². The highest BCUT2D eigenvalue weighted by atomic mass is 16.5. The number of carbonyl (C=O) groups is 3. The highest BCUT2D eigenvalue weighted by Crippen LogP contribution is 2.02. The van der Waals surface area contributed by atoms with Crippen LogP contribution in [0.3, 0.4) is 0 Å². The molecule has 6 heteroatoms. The van der Waals surface area contributed by atoms with Crippen molar-refractivity contribution >= 4 is 17.8 Å². The third-order valence-electron chi connectivity index (χ3n) is 2.46. The minimum atomic E-state index is -1.17. The fraction of sp³-hybridized carbons (Fsp3) is 0.357. The van der Waals surface area contributed by atoms with E-state index in [4.69, 9.17) is 9.84 Å². The number of carboxylic acid groups (broad SMARTS) is 1. The van der Waals surface area contributed by atoms with Gasteiger partial charge in [0, 0.05) is 12.5 Å². The van der Waals surface area contributed by atoms with Crippen molar-refractivity contribution in [1.82, 2.24) is 5.32 Å². The molecule has 1 aromatic carbocycles. The second-order valence-electron chi connectivity index (χ2n) is 4.42. The lowest BCUT2D eigenvalue weighted by atomic mass is 10.1. The second kappa shape index (κ2) is 7.93. The van der Waals surface area contributed by atoms with Gasteiger partial charge in [0.1, 0.15) is 18.8 Å². The Kier molecular flexibility index (Phi) is 6.22. The quantitative estimate of drug-likeness (QED) is 0.741. The number of Topliss-reactive ketones (excluding diaryl/α,β-unsaturated/α-hetero) is 1. The van der Waals surface area contributed by atoms with Gasteiger partial charge in [0.25, 0.3) is 0 Å².